The molecule has 0 saturated heterocycles. The molecule has 1 aromatic carbocycles. The molecule has 1 rings (SSSR count). The van der Waals surface area contributed by atoms with Crippen molar-refractivity contribution in [3.8, 4) is 0 Å². The summed E-state index contributed by atoms with van der Waals surface area (Å²) in [6, 6.07) is 3.42. The number of carbonyl (C=O) groups excluding carboxylic acids is 1. The summed E-state index contributed by atoms with van der Waals surface area (Å²) in [5, 5.41) is 0. The van der Waals surface area contributed by atoms with Gasteiger partial charge < -0.3 is 16.2 Å². The fourth-order valence-electron chi connectivity index (χ4n) is 1.04. The number of benzene rings is 1. The Kier molecular flexibility index (Phi) is 3.35. The van der Waals surface area contributed by atoms with Crippen molar-refractivity contribution in [2.24, 2.45) is 0 Å². The van der Waals surface area contributed by atoms with Crippen LogP contribution in [-0.2, 0) is 16.0 Å². The first-order valence-electron chi connectivity index (χ1n) is 3.94. The van der Waals surface area contributed by atoms with Crippen molar-refractivity contribution in [1.82, 2.24) is 0 Å². The fraction of sp³-hybridized carbons (Fsp3) is 0.222. The second-order valence-corrected chi connectivity index (χ2v) is 3.69. The van der Waals surface area contributed by atoms with Crippen LogP contribution >= 0.6 is 15.9 Å². The molecule has 4 N–H and O–H groups in total. The number of anilines is 2. The molecular formula is C9H11BrN2O2. The van der Waals surface area contributed by atoms with Gasteiger partial charge in [0.25, 0.3) is 0 Å². The molecule has 14 heavy (non-hydrogen) atoms. The van der Waals surface area contributed by atoms with E-state index < -0.39 is 0 Å². The highest BCUT2D eigenvalue weighted by molar-refractivity contribution is 9.10. The number of rotatable bonds is 2. The van der Waals surface area contributed by atoms with Crippen LogP contribution in [0.1, 0.15) is 5.56 Å². The molecule has 0 fully saturated rings. The Balaban J connectivity index is 2.95. The fourth-order valence-corrected chi connectivity index (χ4v) is 1.56. The van der Waals surface area contributed by atoms with Crippen molar-refractivity contribution >= 4 is 33.3 Å². The number of nitrogens with two attached hydrogens (primary N) is 2. The largest absolute Gasteiger partial charge is 0.469 e. The van der Waals surface area contributed by atoms with E-state index in [-0.39, 0.29) is 12.4 Å². The van der Waals surface area contributed by atoms with E-state index in [1.165, 1.54) is 7.11 Å². The van der Waals surface area contributed by atoms with E-state index in [1.807, 2.05) is 0 Å². The third-order valence-corrected chi connectivity index (χ3v) is 2.45. The van der Waals surface area contributed by atoms with E-state index in [0.717, 1.165) is 5.56 Å². The predicted octanol–water partition coefficient (Wildman–Crippen LogP) is 1.33. The Labute approximate surface area is 90.3 Å². The number of hydrogen-bond acceptors (Lipinski definition) is 4. The second kappa shape index (κ2) is 4.32. The highest BCUT2D eigenvalue weighted by atomic mass is 79.9. The molecule has 76 valence electrons. The number of halogens is 1. The van der Waals surface area contributed by atoms with Crippen LogP contribution < -0.4 is 11.5 Å². The van der Waals surface area contributed by atoms with E-state index in [2.05, 4.69) is 20.7 Å². The average Bonchev–Trinajstić information content (AvgIpc) is 2.14. The second-order valence-electron chi connectivity index (χ2n) is 2.83. The Morgan fingerprint density at radius 3 is 2.64 bits per heavy atom. The topological polar surface area (TPSA) is 78.3 Å². The maximum atomic E-state index is 11.0. The summed E-state index contributed by atoms with van der Waals surface area (Å²) in [6.07, 6.45) is 0.194. The van der Waals surface area contributed by atoms with E-state index >= 15 is 0 Å². The normalized spacial score (nSPS) is 9.86. The Morgan fingerprint density at radius 1 is 1.50 bits per heavy atom. The summed E-state index contributed by atoms with van der Waals surface area (Å²) in [6.45, 7) is 0. The molecule has 0 bridgehead atoms. The number of hydrogen-bond donors (Lipinski definition) is 2. The summed E-state index contributed by atoms with van der Waals surface area (Å²) >= 11 is 3.25. The van der Waals surface area contributed by atoms with Crippen LogP contribution in [0, 0.1) is 0 Å². The van der Waals surface area contributed by atoms with Crippen LogP contribution in [0.15, 0.2) is 16.6 Å². The quantitative estimate of drug-likeness (QED) is 0.620. The van der Waals surface area contributed by atoms with Crippen molar-refractivity contribution in [2.45, 2.75) is 6.42 Å². The average molecular weight is 259 g/mol. The lowest BCUT2D eigenvalue weighted by atomic mass is 10.1. The zero-order valence-corrected chi connectivity index (χ0v) is 9.30. The smallest absolute Gasteiger partial charge is 0.309 e. The SMILES string of the molecule is COC(=O)Cc1cc(N)c(N)c(Br)c1. The summed E-state index contributed by atoms with van der Waals surface area (Å²) in [5.41, 5.74) is 13.0. The van der Waals surface area contributed by atoms with Crippen LogP contribution in [0.3, 0.4) is 0 Å². The molecule has 0 unspecified atom stereocenters. The summed E-state index contributed by atoms with van der Waals surface area (Å²) in [7, 11) is 1.35. The first-order valence-corrected chi connectivity index (χ1v) is 4.74. The van der Waals surface area contributed by atoms with Crippen LogP contribution in [0.5, 0.6) is 0 Å². The van der Waals surface area contributed by atoms with Gasteiger partial charge >= 0.3 is 5.97 Å². The van der Waals surface area contributed by atoms with Gasteiger partial charge in [0.15, 0.2) is 0 Å². The number of methoxy groups -OCH3 is 1. The molecule has 0 atom stereocenters. The van der Waals surface area contributed by atoms with Gasteiger partial charge in [-0.25, -0.2) is 0 Å². The minimum absolute atomic E-state index is 0.194. The summed E-state index contributed by atoms with van der Waals surface area (Å²) in [5.74, 6) is -0.305. The van der Waals surface area contributed by atoms with Gasteiger partial charge in [-0.15, -0.1) is 0 Å². The molecule has 1 aromatic rings. The highest BCUT2D eigenvalue weighted by Gasteiger charge is 2.07. The van der Waals surface area contributed by atoms with E-state index in [4.69, 9.17) is 11.5 Å². The first-order chi connectivity index (χ1) is 6.54. The highest BCUT2D eigenvalue weighted by Crippen LogP contribution is 2.27. The summed E-state index contributed by atoms with van der Waals surface area (Å²) in [4.78, 5) is 11.0. The van der Waals surface area contributed by atoms with Gasteiger partial charge in [-0.2, -0.15) is 0 Å². The molecule has 0 aliphatic rings. The predicted molar refractivity (Wildman–Crippen MR) is 58.7 cm³/mol. The molecule has 4 nitrogen and oxygen atoms in total. The number of ether oxygens (including phenoxy) is 1. The summed E-state index contributed by atoms with van der Waals surface area (Å²) < 4.78 is 5.23. The first kappa shape index (κ1) is 10.8. The lowest BCUT2D eigenvalue weighted by Gasteiger charge is -2.06. The van der Waals surface area contributed by atoms with Gasteiger partial charge in [0, 0.05) is 4.47 Å². The molecular weight excluding hydrogens is 248 g/mol. The Morgan fingerprint density at radius 2 is 2.14 bits per heavy atom. The van der Waals surface area contributed by atoms with Crippen molar-refractivity contribution in [3.63, 3.8) is 0 Å². The Bertz CT molecular complexity index is 343. The van der Waals surface area contributed by atoms with E-state index in [0.29, 0.717) is 15.8 Å². The minimum Gasteiger partial charge on any atom is -0.469 e. The molecule has 0 aromatic heterocycles. The third kappa shape index (κ3) is 2.38. The number of carbonyl (C=O) groups is 1. The van der Waals surface area contributed by atoms with Crippen molar-refractivity contribution in [2.75, 3.05) is 18.6 Å². The molecule has 0 heterocycles. The number of esters is 1. The molecule has 0 saturated carbocycles. The molecule has 0 radical (unpaired) electrons. The van der Waals surface area contributed by atoms with E-state index in [9.17, 15) is 4.79 Å². The van der Waals surface area contributed by atoms with Gasteiger partial charge in [-0.1, -0.05) is 0 Å². The monoisotopic (exact) mass is 258 g/mol. The van der Waals surface area contributed by atoms with Crippen molar-refractivity contribution in [3.05, 3.63) is 22.2 Å². The van der Waals surface area contributed by atoms with Gasteiger partial charge in [0.05, 0.1) is 24.9 Å². The molecule has 0 aliphatic carbocycles. The standard InChI is InChI=1S/C9H11BrN2O2/c1-14-8(13)4-5-2-6(10)9(12)7(11)3-5/h2-3H,4,11-12H2,1H3. The zero-order chi connectivity index (χ0) is 10.7. The van der Waals surface area contributed by atoms with Crippen LogP contribution in [0.2, 0.25) is 0 Å². The molecule has 0 amide bonds. The molecule has 0 aliphatic heterocycles. The number of nitrogen functional groups attached to an aromatic ring is 2. The van der Waals surface area contributed by atoms with Crippen molar-refractivity contribution in [1.29, 1.82) is 0 Å². The third-order valence-electron chi connectivity index (χ3n) is 1.80. The zero-order valence-electron chi connectivity index (χ0n) is 7.71. The van der Waals surface area contributed by atoms with Crippen LogP contribution in [-0.4, -0.2) is 13.1 Å². The van der Waals surface area contributed by atoms with Crippen molar-refractivity contribution < 1.29 is 9.53 Å². The van der Waals surface area contributed by atoms with E-state index in [1.54, 1.807) is 12.1 Å². The lowest BCUT2D eigenvalue weighted by molar-refractivity contribution is -0.139. The van der Waals surface area contributed by atoms with Gasteiger partial charge in [0.2, 0.25) is 0 Å². The van der Waals surface area contributed by atoms with Crippen LogP contribution in [0.25, 0.3) is 0 Å². The molecule has 0 spiro atoms. The minimum atomic E-state index is -0.305. The molecule has 5 heteroatoms. The van der Waals surface area contributed by atoms with Gasteiger partial charge in [0.1, 0.15) is 0 Å². The van der Waals surface area contributed by atoms with Gasteiger partial charge in [-0.05, 0) is 33.6 Å². The lowest BCUT2D eigenvalue weighted by Crippen LogP contribution is -2.06. The maximum absolute atomic E-state index is 11.0. The van der Waals surface area contributed by atoms with Crippen LogP contribution in [0.4, 0.5) is 11.4 Å². The maximum Gasteiger partial charge on any atom is 0.309 e. The Hall–Kier alpha value is -1.23. The van der Waals surface area contributed by atoms with Gasteiger partial charge in [-0.3, -0.25) is 4.79 Å².